The van der Waals surface area contributed by atoms with Crippen molar-refractivity contribution in [3.05, 3.63) is 18.5 Å². The van der Waals surface area contributed by atoms with Crippen LogP contribution in [0, 0.1) is 0 Å². The summed E-state index contributed by atoms with van der Waals surface area (Å²) in [6.45, 7) is 0. The van der Waals surface area contributed by atoms with E-state index >= 15 is 0 Å². The van der Waals surface area contributed by atoms with Gasteiger partial charge in [0.25, 0.3) is 5.78 Å². The van der Waals surface area contributed by atoms with Gasteiger partial charge in [0.15, 0.2) is 17.3 Å². The van der Waals surface area contributed by atoms with E-state index < -0.39 is 0 Å². The number of nitrogens with two attached hydrogens (primary N) is 1. The fourth-order valence-corrected chi connectivity index (χ4v) is 1.25. The first-order valence-electron chi connectivity index (χ1n) is 4.10. The van der Waals surface area contributed by atoms with Crippen LogP contribution in [0.15, 0.2) is 23.1 Å². The standard InChI is InChI=1S/C7H5N7O/c8-5-4(12-15-13-5)6-10-11-7-9-2-1-3-14(6)7/h1-3H,(H2,8,13). The molecule has 0 spiro atoms. The predicted molar refractivity (Wildman–Crippen MR) is 48.5 cm³/mol. The van der Waals surface area contributed by atoms with E-state index in [4.69, 9.17) is 5.73 Å². The minimum Gasteiger partial charge on any atom is -0.379 e. The van der Waals surface area contributed by atoms with Crippen molar-refractivity contribution >= 4 is 11.6 Å². The Hall–Kier alpha value is -2.51. The Morgan fingerprint density at radius 3 is 3.00 bits per heavy atom. The maximum absolute atomic E-state index is 5.55. The van der Waals surface area contributed by atoms with Crippen molar-refractivity contribution in [1.29, 1.82) is 0 Å². The van der Waals surface area contributed by atoms with Crippen molar-refractivity contribution < 1.29 is 4.63 Å². The SMILES string of the molecule is Nc1nonc1-c1nnc2ncccn12. The number of hydrogen-bond acceptors (Lipinski definition) is 7. The lowest BCUT2D eigenvalue weighted by Gasteiger charge is -1.93. The number of fused-ring (bicyclic) bond motifs is 1. The van der Waals surface area contributed by atoms with E-state index in [1.807, 2.05) is 0 Å². The van der Waals surface area contributed by atoms with Crippen LogP contribution in [0.4, 0.5) is 5.82 Å². The molecule has 0 aromatic carbocycles. The van der Waals surface area contributed by atoms with E-state index in [1.54, 1.807) is 22.9 Å². The molecule has 3 aromatic rings. The molecule has 3 aromatic heterocycles. The highest BCUT2D eigenvalue weighted by Gasteiger charge is 2.15. The second-order valence-electron chi connectivity index (χ2n) is 2.81. The lowest BCUT2D eigenvalue weighted by Crippen LogP contribution is -1.94. The molecule has 8 heteroatoms. The number of rotatable bonds is 1. The maximum atomic E-state index is 5.55. The van der Waals surface area contributed by atoms with E-state index in [2.05, 4.69) is 30.1 Å². The van der Waals surface area contributed by atoms with Crippen molar-refractivity contribution in [1.82, 2.24) is 29.9 Å². The van der Waals surface area contributed by atoms with Gasteiger partial charge in [-0.05, 0) is 16.4 Å². The number of anilines is 1. The summed E-state index contributed by atoms with van der Waals surface area (Å²) in [4.78, 5) is 4.01. The Morgan fingerprint density at radius 2 is 2.20 bits per heavy atom. The monoisotopic (exact) mass is 203 g/mol. The van der Waals surface area contributed by atoms with Gasteiger partial charge >= 0.3 is 0 Å². The molecule has 0 saturated heterocycles. The van der Waals surface area contributed by atoms with Gasteiger partial charge in [0, 0.05) is 12.4 Å². The molecule has 0 atom stereocenters. The fourth-order valence-electron chi connectivity index (χ4n) is 1.25. The summed E-state index contributed by atoms with van der Waals surface area (Å²) in [5.74, 6) is 1.10. The summed E-state index contributed by atoms with van der Waals surface area (Å²) in [6, 6.07) is 1.75. The average molecular weight is 203 g/mol. The van der Waals surface area contributed by atoms with Gasteiger partial charge in [-0.15, -0.1) is 10.2 Å². The first kappa shape index (κ1) is 7.85. The first-order chi connectivity index (χ1) is 7.36. The van der Waals surface area contributed by atoms with Crippen LogP contribution in [-0.4, -0.2) is 29.9 Å². The highest BCUT2D eigenvalue weighted by molar-refractivity contribution is 5.63. The summed E-state index contributed by atoms with van der Waals surface area (Å²) < 4.78 is 6.14. The third-order valence-electron chi connectivity index (χ3n) is 1.91. The molecule has 0 aliphatic heterocycles. The Balaban J connectivity index is 2.32. The molecule has 0 amide bonds. The lowest BCUT2D eigenvalue weighted by molar-refractivity contribution is 0.310. The average Bonchev–Trinajstić information content (AvgIpc) is 2.83. The van der Waals surface area contributed by atoms with Gasteiger partial charge in [-0.2, -0.15) is 0 Å². The number of nitrogens with zero attached hydrogens (tertiary/aromatic N) is 6. The zero-order valence-corrected chi connectivity index (χ0v) is 7.40. The van der Waals surface area contributed by atoms with E-state index in [0.717, 1.165) is 0 Å². The minimum atomic E-state index is 0.174. The second-order valence-corrected chi connectivity index (χ2v) is 2.81. The number of aromatic nitrogens is 6. The first-order valence-corrected chi connectivity index (χ1v) is 4.10. The molecule has 0 unspecified atom stereocenters. The van der Waals surface area contributed by atoms with Crippen molar-refractivity contribution in [2.45, 2.75) is 0 Å². The summed E-state index contributed by atoms with van der Waals surface area (Å²) in [5.41, 5.74) is 5.91. The highest BCUT2D eigenvalue weighted by atomic mass is 16.6. The molecule has 2 N–H and O–H groups in total. The van der Waals surface area contributed by atoms with Crippen molar-refractivity contribution in [3.8, 4) is 11.5 Å². The van der Waals surface area contributed by atoms with Crippen LogP contribution in [-0.2, 0) is 0 Å². The fraction of sp³-hybridized carbons (Fsp3) is 0. The molecule has 15 heavy (non-hydrogen) atoms. The van der Waals surface area contributed by atoms with Gasteiger partial charge in [0.2, 0.25) is 0 Å². The van der Waals surface area contributed by atoms with Crippen LogP contribution < -0.4 is 5.73 Å². The zero-order chi connectivity index (χ0) is 10.3. The molecule has 0 radical (unpaired) electrons. The molecule has 0 aliphatic rings. The smallest absolute Gasteiger partial charge is 0.255 e. The summed E-state index contributed by atoms with van der Waals surface area (Å²) in [7, 11) is 0. The van der Waals surface area contributed by atoms with Crippen LogP contribution in [0.2, 0.25) is 0 Å². The Kier molecular flexibility index (Phi) is 1.43. The van der Waals surface area contributed by atoms with Gasteiger partial charge < -0.3 is 5.73 Å². The molecule has 3 heterocycles. The molecule has 0 saturated carbocycles. The second kappa shape index (κ2) is 2.74. The summed E-state index contributed by atoms with van der Waals surface area (Å²) >= 11 is 0. The number of nitrogen functional groups attached to an aromatic ring is 1. The molecule has 3 rings (SSSR count). The Morgan fingerprint density at radius 1 is 1.27 bits per heavy atom. The van der Waals surface area contributed by atoms with Crippen LogP contribution in [0.25, 0.3) is 17.3 Å². The van der Waals surface area contributed by atoms with E-state index in [-0.39, 0.29) is 5.82 Å². The number of hydrogen-bond donors (Lipinski definition) is 1. The Bertz CT molecular complexity index is 612. The van der Waals surface area contributed by atoms with Gasteiger partial charge in [-0.25, -0.2) is 9.61 Å². The molecule has 0 fully saturated rings. The molecule has 74 valence electrons. The van der Waals surface area contributed by atoms with E-state index in [9.17, 15) is 0 Å². The van der Waals surface area contributed by atoms with Crippen LogP contribution in [0.1, 0.15) is 0 Å². The molecule has 0 aliphatic carbocycles. The molecule has 0 bridgehead atoms. The lowest BCUT2D eigenvalue weighted by atomic mass is 10.4. The summed E-state index contributed by atoms with van der Waals surface area (Å²) in [5, 5.41) is 14.9. The molecular weight excluding hydrogens is 198 g/mol. The van der Waals surface area contributed by atoms with Crippen LogP contribution in [0.3, 0.4) is 0 Å². The van der Waals surface area contributed by atoms with E-state index in [1.165, 1.54) is 0 Å². The van der Waals surface area contributed by atoms with Crippen LogP contribution in [0.5, 0.6) is 0 Å². The van der Waals surface area contributed by atoms with E-state index in [0.29, 0.717) is 17.3 Å². The topological polar surface area (TPSA) is 108 Å². The zero-order valence-electron chi connectivity index (χ0n) is 7.40. The third-order valence-corrected chi connectivity index (χ3v) is 1.91. The highest BCUT2D eigenvalue weighted by Crippen LogP contribution is 2.19. The van der Waals surface area contributed by atoms with Crippen molar-refractivity contribution in [2.24, 2.45) is 0 Å². The predicted octanol–water partition coefficient (Wildman–Crippen LogP) is -0.244. The van der Waals surface area contributed by atoms with Crippen LogP contribution >= 0.6 is 0 Å². The third kappa shape index (κ3) is 1.04. The van der Waals surface area contributed by atoms with Gasteiger partial charge in [0.05, 0.1) is 0 Å². The molecule has 8 nitrogen and oxygen atoms in total. The quantitative estimate of drug-likeness (QED) is 0.581. The maximum Gasteiger partial charge on any atom is 0.255 e. The minimum absolute atomic E-state index is 0.174. The van der Waals surface area contributed by atoms with Gasteiger partial charge in [-0.3, -0.25) is 4.40 Å². The summed E-state index contributed by atoms with van der Waals surface area (Å²) in [6.07, 6.45) is 3.38. The van der Waals surface area contributed by atoms with Gasteiger partial charge in [0.1, 0.15) is 0 Å². The van der Waals surface area contributed by atoms with Crippen molar-refractivity contribution in [2.75, 3.05) is 5.73 Å². The largest absolute Gasteiger partial charge is 0.379 e. The Labute approximate surface area is 82.7 Å². The van der Waals surface area contributed by atoms with Crippen molar-refractivity contribution in [3.63, 3.8) is 0 Å². The van der Waals surface area contributed by atoms with Gasteiger partial charge in [-0.1, -0.05) is 0 Å². The normalized spacial score (nSPS) is 10.9. The molecular formula is C7H5N7O.